The number of piperazine rings is 1. The van der Waals surface area contributed by atoms with Crippen molar-refractivity contribution in [3.8, 4) is 28.4 Å². The third kappa shape index (κ3) is 7.15. The van der Waals surface area contributed by atoms with Crippen LogP contribution in [0.3, 0.4) is 0 Å². The molecule has 9 rings (SSSR count). The molecule has 6 aromatic rings. The van der Waals surface area contributed by atoms with Gasteiger partial charge in [0.05, 0.1) is 29.9 Å². The lowest BCUT2D eigenvalue weighted by molar-refractivity contribution is 0.0776. The Morgan fingerprint density at radius 3 is 2.49 bits per heavy atom. The zero-order valence-corrected chi connectivity index (χ0v) is 31.4. The van der Waals surface area contributed by atoms with E-state index in [4.69, 9.17) is 14.7 Å². The molecule has 0 spiro atoms. The van der Waals surface area contributed by atoms with Crippen LogP contribution in [0.4, 0.5) is 36.2 Å². The maximum absolute atomic E-state index is 14.3. The third-order valence-corrected chi connectivity index (χ3v) is 11.5. The molecule has 3 saturated heterocycles. The standard InChI is InChI=1S/C43H42F3N9O2/c1-57-37-24-30(52-19-14-29(15-20-52)55-26-31-23-32(55)25-53(31)21-16-44)11-12-35(37)48-43-47-17-13-36(49-43)41-39(50-38-10-2-3-18-54(38)41)27-6-4-7-28(22-27)42(56)51-40-33(45)8-5-9-34(40)46/h2-13,17-18,22,24,29,31-32H,14-16,19-21,23,25-26H2,1H3,(H,51,56)(H,47,48,49)/t31-,32-/m0/s1. The fourth-order valence-electron chi connectivity index (χ4n) is 8.77. The van der Waals surface area contributed by atoms with E-state index in [0.717, 1.165) is 63.3 Å². The molecule has 0 radical (unpaired) electrons. The van der Waals surface area contributed by atoms with Crippen LogP contribution in [0.2, 0.25) is 0 Å². The number of hydrogen-bond acceptors (Lipinski definition) is 9. The van der Waals surface area contributed by atoms with Gasteiger partial charge in [0, 0.05) is 86.1 Å². The van der Waals surface area contributed by atoms with E-state index in [2.05, 4.69) is 36.4 Å². The SMILES string of the molecule is COc1cc(N2CCC(N3C[C@@H]4C[C@H]3CN4CCF)CC2)ccc1Nc1nccc(-c2c(-c3cccc(C(=O)Nc4c(F)cccc4F)c3)nc3ccccn23)n1. The van der Waals surface area contributed by atoms with Gasteiger partial charge in [0.2, 0.25) is 5.95 Å². The van der Waals surface area contributed by atoms with Crippen molar-refractivity contribution < 1.29 is 22.7 Å². The fraction of sp³-hybridized carbons (Fsp3) is 0.302. The van der Waals surface area contributed by atoms with Crippen LogP contribution in [-0.2, 0) is 0 Å². The van der Waals surface area contributed by atoms with Crippen LogP contribution in [0.25, 0.3) is 28.3 Å². The van der Waals surface area contributed by atoms with Gasteiger partial charge in [0.15, 0.2) is 0 Å². The Balaban J connectivity index is 0.931. The summed E-state index contributed by atoms with van der Waals surface area (Å²) < 4.78 is 49.4. The number of carbonyl (C=O) groups excluding carboxylic acids is 1. The lowest BCUT2D eigenvalue weighted by atomic mass is 10.0. The van der Waals surface area contributed by atoms with Crippen molar-refractivity contribution in [2.45, 2.75) is 37.4 Å². The number of hydrogen-bond donors (Lipinski definition) is 2. The summed E-state index contributed by atoms with van der Waals surface area (Å²) in [7, 11) is 1.65. The first-order valence-electron chi connectivity index (χ1n) is 19.3. The predicted octanol–water partition coefficient (Wildman–Crippen LogP) is 7.44. The van der Waals surface area contributed by atoms with Crippen LogP contribution in [0, 0.1) is 11.6 Å². The molecular formula is C43H42F3N9O2. The van der Waals surface area contributed by atoms with E-state index in [1.807, 2.05) is 47.0 Å². The number of nitrogens with one attached hydrogen (secondary N) is 2. The number of likely N-dealkylation sites (tertiary alicyclic amines) is 2. The molecule has 0 saturated carbocycles. The number of piperidine rings is 1. The van der Waals surface area contributed by atoms with Crippen LogP contribution < -0.4 is 20.3 Å². The maximum atomic E-state index is 14.3. The van der Waals surface area contributed by atoms with Crippen LogP contribution >= 0.6 is 0 Å². The predicted molar refractivity (Wildman–Crippen MR) is 214 cm³/mol. The number of carbonyl (C=O) groups is 1. The summed E-state index contributed by atoms with van der Waals surface area (Å²) in [5, 5.41) is 5.71. The molecule has 1 amide bonds. The molecule has 2 N–H and O–H groups in total. The molecule has 0 unspecified atom stereocenters. The van der Waals surface area contributed by atoms with Crippen molar-refractivity contribution in [1.82, 2.24) is 29.2 Å². The first-order chi connectivity index (χ1) is 27.9. The number of amides is 1. The summed E-state index contributed by atoms with van der Waals surface area (Å²) in [6.07, 6.45) is 6.89. The lowest BCUT2D eigenvalue weighted by Crippen LogP contribution is -2.53. The second kappa shape index (κ2) is 15.5. The van der Waals surface area contributed by atoms with Gasteiger partial charge in [-0.3, -0.25) is 19.0 Å². The van der Waals surface area contributed by atoms with Crippen molar-refractivity contribution in [3.63, 3.8) is 0 Å². The Bertz CT molecular complexity index is 2420. The summed E-state index contributed by atoms with van der Waals surface area (Å²) in [5.74, 6) is -1.39. The number of pyridine rings is 1. The number of para-hydroxylation sites is 1. The Morgan fingerprint density at radius 1 is 0.895 bits per heavy atom. The topological polar surface area (TPSA) is 103 Å². The molecule has 3 fully saturated rings. The molecular weight excluding hydrogens is 732 g/mol. The quantitative estimate of drug-likeness (QED) is 0.139. The lowest BCUT2D eigenvalue weighted by Gasteiger charge is -2.43. The second-order valence-electron chi connectivity index (χ2n) is 14.8. The summed E-state index contributed by atoms with van der Waals surface area (Å²) in [6.45, 7) is 4.24. The highest BCUT2D eigenvalue weighted by Crippen LogP contribution is 2.38. The van der Waals surface area contributed by atoms with Crippen LogP contribution in [0.1, 0.15) is 29.6 Å². The molecule has 3 aliphatic rings. The van der Waals surface area contributed by atoms with E-state index >= 15 is 0 Å². The molecule has 3 aliphatic heterocycles. The minimum atomic E-state index is -0.867. The number of fused-ring (bicyclic) bond motifs is 3. The maximum Gasteiger partial charge on any atom is 0.255 e. The van der Waals surface area contributed by atoms with E-state index in [0.29, 0.717) is 70.3 Å². The number of imidazole rings is 1. The summed E-state index contributed by atoms with van der Waals surface area (Å²) in [6, 6.07) is 25.3. The highest BCUT2D eigenvalue weighted by molar-refractivity contribution is 6.05. The van der Waals surface area contributed by atoms with Crippen molar-refractivity contribution >= 4 is 34.6 Å². The average Bonchev–Trinajstić information content (AvgIpc) is 3.96. The largest absolute Gasteiger partial charge is 0.494 e. The molecule has 0 aliphatic carbocycles. The number of halogens is 3. The average molecular weight is 774 g/mol. The number of ether oxygens (including phenoxy) is 1. The van der Waals surface area contributed by atoms with Crippen molar-refractivity contribution in [2.75, 3.05) is 62.0 Å². The van der Waals surface area contributed by atoms with Crippen LogP contribution in [0.15, 0.2) is 97.3 Å². The zero-order chi connectivity index (χ0) is 39.0. The van der Waals surface area contributed by atoms with Gasteiger partial charge in [0.25, 0.3) is 5.91 Å². The molecule has 14 heteroatoms. The first-order valence-corrected chi connectivity index (χ1v) is 19.3. The smallest absolute Gasteiger partial charge is 0.255 e. The number of aromatic nitrogens is 4. The highest BCUT2D eigenvalue weighted by atomic mass is 19.1. The zero-order valence-electron chi connectivity index (χ0n) is 31.4. The summed E-state index contributed by atoms with van der Waals surface area (Å²) in [4.78, 5) is 34.9. The molecule has 3 aromatic heterocycles. The third-order valence-electron chi connectivity index (χ3n) is 11.5. The number of benzene rings is 3. The van der Waals surface area contributed by atoms with Gasteiger partial charge in [-0.05, 0) is 73.9 Å². The van der Waals surface area contributed by atoms with Crippen molar-refractivity contribution in [2.24, 2.45) is 0 Å². The van der Waals surface area contributed by atoms with E-state index in [1.165, 1.54) is 6.07 Å². The normalized spacial score (nSPS) is 18.7. The van der Waals surface area contributed by atoms with Gasteiger partial charge in [-0.2, -0.15) is 0 Å². The van der Waals surface area contributed by atoms with Crippen molar-refractivity contribution in [3.05, 3.63) is 115 Å². The number of methoxy groups -OCH3 is 1. The summed E-state index contributed by atoms with van der Waals surface area (Å²) in [5.41, 5.74) is 4.55. The van der Waals surface area contributed by atoms with Gasteiger partial charge in [-0.1, -0.05) is 24.3 Å². The minimum absolute atomic E-state index is 0.198. The molecule has 2 bridgehead atoms. The van der Waals surface area contributed by atoms with E-state index in [-0.39, 0.29) is 12.2 Å². The molecule has 6 heterocycles. The summed E-state index contributed by atoms with van der Waals surface area (Å²) >= 11 is 0. The molecule has 11 nitrogen and oxygen atoms in total. The van der Waals surface area contributed by atoms with Gasteiger partial charge in [-0.15, -0.1) is 0 Å². The highest BCUT2D eigenvalue weighted by Gasteiger charge is 2.45. The number of nitrogens with zero attached hydrogens (tertiary/aromatic N) is 7. The Morgan fingerprint density at radius 2 is 1.72 bits per heavy atom. The Kier molecular flexibility index (Phi) is 9.97. The number of alkyl halides is 1. The monoisotopic (exact) mass is 773 g/mol. The van der Waals surface area contributed by atoms with Crippen molar-refractivity contribution in [1.29, 1.82) is 0 Å². The second-order valence-corrected chi connectivity index (χ2v) is 14.8. The van der Waals surface area contributed by atoms with E-state index in [9.17, 15) is 18.0 Å². The van der Waals surface area contributed by atoms with Gasteiger partial charge in [-0.25, -0.2) is 28.1 Å². The van der Waals surface area contributed by atoms with Crippen LogP contribution in [0.5, 0.6) is 5.75 Å². The van der Waals surface area contributed by atoms with Gasteiger partial charge >= 0.3 is 0 Å². The Hall–Kier alpha value is -5.99. The van der Waals surface area contributed by atoms with Gasteiger partial charge in [0.1, 0.15) is 35.4 Å². The molecule has 57 heavy (non-hydrogen) atoms. The molecule has 2 atom stereocenters. The van der Waals surface area contributed by atoms with Gasteiger partial charge < -0.3 is 20.3 Å². The number of anilines is 4. The fourth-order valence-corrected chi connectivity index (χ4v) is 8.77. The van der Waals surface area contributed by atoms with E-state index < -0.39 is 23.2 Å². The Labute approximate surface area is 328 Å². The minimum Gasteiger partial charge on any atom is -0.494 e. The molecule has 292 valence electrons. The van der Waals surface area contributed by atoms with E-state index in [1.54, 1.807) is 37.6 Å². The molecule has 3 aromatic carbocycles. The number of rotatable bonds is 11. The van der Waals surface area contributed by atoms with Crippen LogP contribution in [-0.4, -0.2) is 99.7 Å². The first kappa shape index (κ1) is 36.6.